The summed E-state index contributed by atoms with van der Waals surface area (Å²) in [6, 6.07) is 14.6. The summed E-state index contributed by atoms with van der Waals surface area (Å²) in [4.78, 5) is 36.5. The second-order valence-corrected chi connectivity index (χ2v) is 6.73. The van der Waals surface area contributed by atoms with Gasteiger partial charge in [0.15, 0.2) is 6.10 Å². The van der Waals surface area contributed by atoms with Gasteiger partial charge >= 0.3 is 5.97 Å². The summed E-state index contributed by atoms with van der Waals surface area (Å²) in [7, 11) is 0. The van der Waals surface area contributed by atoms with Crippen LogP contribution in [0.2, 0.25) is 0 Å². The topological polar surface area (TPSA) is 116 Å². The molecule has 29 heavy (non-hydrogen) atoms. The highest BCUT2D eigenvalue weighted by Crippen LogP contribution is 2.19. The van der Waals surface area contributed by atoms with Gasteiger partial charge in [0.05, 0.1) is 6.04 Å². The Morgan fingerprint density at radius 1 is 0.966 bits per heavy atom. The zero-order valence-corrected chi connectivity index (χ0v) is 16.0. The van der Waals surface area contributed by atoms with Crippen molar-refractivity contribution in [1.29, 1.82) is 0 Å². The molecule has 2 aromatic rings. The molecule has 3 atom stereocenters. The lowest BCUT2D eigenvalue weighted by Gasteiger charge is -2.25. The highest BCUT2D eigenvalue weighted by molar-refractivity contribution is 5.95. The van der Waals surface area contributed by atoms with Gasteiger partial charge in [-0.05, 0) is 31.0 Å². The number of benzene rings is 2. The van der Waals surface area contributed by atoms with Gasteiger partial charge in [-0.1, -0.05) is 54.1 Å². The summed E-state index contributed by atoms with van der Waals surface area (Å²) in [5, 5.41) is 24.9. The minimum atomic E-state index is -1.70. The van der Waals surface area contributed by atoms with E-state index >= 15 is 0 Å². The minimum absolute atomic E-state index is 0.0279. The maximum atomic E-state index is 12.6. The van der Waals surface area contributed by atoms with E-state index in [1.54, 1.807) is 67.6 Å². The fourth-order valence-corrected chi connectivity index (χ4v) is 2.78. The van der Waals surface area contributed by atoms with Crippen LogP contribution in [0.1, 0.15) is 35.3 Å². The molecule has 0 bridgehead atoms. The summed E-state index contributed by atoms with van der Waals surface area (Å²) < 4.78 is 0. The van der Waals surface area contributed by atoms with Gasteiger partial charge in [-0.25, -0.2) is 4.79 Å². The number of carbonyl (C=O) groups is 3. The van der Waals surface area contributed by atoms with Gasteiger partial charge in [0.2, 0.25) is 0 Å². The first-order chi connectivity index (χ1) is 13.8. The van der Waals surface area contributed by atoms with Crippen LogP contribution in [0.4, 0.5) is 0 Å². The third kappa shape index (κ3) is 6.29. The SMILES string of the molecule is C=C(C)C[C@@H](NC(=O)[C@H](O)[C@@H](NC(=O)c1ccccc1)c1ccccc1)C(=O)O. The number of aliphatic carboxylic acids is 1. The number of carboxylic acid groups (broad SMARTS) is 1. The van der Waals surface area contributed by atoms with Crippen molar-refractivity contribution in [2.75, 3.05) is 0 Å². The maximum absolute atomic E-state index is 12.6. The first-order valence-electron chi connectivity index (χ1n) is 9.06. The van der Waals surface area contributed by atoms with Crippen LogP contribution in [0, 0.1) is 0 Å². The highest BCUT2D eigenvalue weighted by Gasteiger charge is 2.32. The number of hydrogen-bond donors (Lipinski definition) is 4. The van der Waals surface area contributed by atoms with Crippen molar-refractivity contribution in [3.63, 3.8) is 0 Å². The van der Waals surface area contributed by atoms with Crippen LogP contribution in [-0.2, 0) is 9.59 Å². The van der Waals surface area contributed by atoms with E-state index in [0.29, 0.717) is 16.7 Å². The monoisotopic (exact) mass is 396 g/mol. The molecule has 0 fully saturated rings. The van der Waals surface area contributed by atoms with Crippen molar-refractivity contribution < 1.29 is 24.6 Å². The third-order valence-corrected chi connectivity index (χ3v) is 4.23. The van der Waals surface area contributed by atoms with Crippen molar-refractivity contribution in [2.24, 2.45) is 0 Å². The number of rotatable bonds is 9. The molecule has 0 unspecified atom stereocenters. The average molecular weight is 396 g/mol. The molecule has 4 N–H and O–H groups in total. The van der Waals surface area contributed by atoms with Crippen LogP contribution in [0.15, 0.2) is 72.8 Å². The molecule has 152 valence electrons. The predicted molar refractivity (Wildman–Crippen MR) is 108 cm³/mol. The Kier molecular flexibility index (Phi) is 7.68. The van der Waals surface area contributed by atoms with Gasteiger partial charge < -0.3 is 20.8 Å². The lowest BCUT2D eigenvalue weighted by molar-refractivity contribution is -0.143. The second-order valence-electron chi connectivity index (χ2n) is 6.73. The van der Waals surface area contributed by atoms with E-state index in [4.69, 9.17) is 0 Å². The molecule has 2 amide bonds. The summed E-state index contributed by atoms with van der Waals surface area (Å²) in [6.45, 7) is 5.30. The standard InChI is InChI=1S/C22H24N2O5/c1-14(2)13-17(22(28)29)23-21(27)19(25)18(15-9-5-3-6-10-15)24-20(26)16-11-7-4-8-12-16/h3-12,17-19,25H,1,13H2,2H3,(H,23,27)(H,24,26)(H,28,29)/t17-,18+,19-/m1/s1. The molecular formula is C22H24N2O5. The third-order valence-electron chi connectivity index (χ3n) is 4.23. The normalized spacial score (nSPS) is 13.6. The van der Waals surface area contributed by atoms with Crippen LogP contribution in [-0.4, -0.2) is 40.1 Å². The number of amides is 2. The van der Waals surface area contributed by atoms with Crippen molar-refractivity contribution >= 4 is 17.8 Å². The van der Waals surface area contributed by atoms with E-state index in [0.717, 1.165) is 0 Å². The molecule has 0 aliphatic rings. The molecule has 0 saturated heterocycles. The molecule has 2 aromatic carbocycles. The fourth-order valence-electron chi connectivity index (χ4n) is 2.78. The van der Waals surface area contributed by atoms with E-state index < -0.39 is 36.0 Å². The van der Waals surface area contributed by atoms with Gasteiger partial charge in [-0.2, -0.15) is 0 Å². The van der Waals surface area contributed by atoms with Crippen molar-refractivity contribution in [3.05, 3.63) is 83.9 Å². The molecule has 7 heteroatoms. The Labute approximate surface area is 169 Å². The minimum Gasteiger partial charge on any atom is -0.480 e. The van der Waals surface area contributed by atoms with Gasteiger partial charge in [0.25, 0.3) is 11.8 Å². The lowest BCUT2D eigenvalue weighted by atomic mass is 9.99. The molecule has 2 rings (SSSR count). The zero-order valence-electron chi connectivity index (χ0n) is 16.0. The van der Waals surface area contributed by atoms with Gasteiger partial charge in [0.1, 0.15) is 6.04 Å². The Balaban J connectivity index is 2.23. The Hall–Kier alpha value is -3.45. The van der Waals surface area contributed by atoms with Crippen LogP contribution in [0.25, 0.3) is 0 Å². The number of hydrogen-bond acceptors (Lipinski definition) is 4. The zero-order chi connectivity index (χ0) is 21.4. The lowest BCUT2D eigenvalue weighted by Crippen LogP contribution is -2.50. The van der Waals surface area contributed by atoms with Crippen molar-refractivity contribution in [3.8, 4) is 0 Å². The van der Waals surface area contributed by atoms with Crippen LogP contribution < -0.4 is 10.6 Å². The average Bonchev–Trinajstić information content (AvgIpc) is 2.71. The van der Waals surface area contributed by atoms with Crippen LogP contribution >= 0.6 is 0 Å². The molecule has 0 radical (unpaired) electrons. The van der Waals surface area contributed by atoms with E-state index in [-0.39, 0.29) is 6.42 Å². The van der Waals surface area contributed by atoms with Gasteiger partial charge in [0, 0.05) is 5.56 Å². The van der Waals surface area contributed by atoms with E-state index in [1.165, 1.54) is 0 Å². The number of aliphatic hydroxyl groups excluding tert-OH is 1. The largest absolute Gasteiger partial charge is 0.480 e. The molecular weight excluding hydrogens is 372 g/mol. The Morgan fingerprint density at radius 3 is 2.03 bits per heavy atom. The summed E-state index contributed by atoms with van der Waals surface area (Å²) in [5.41, 5.74) is 1.45. The van der Waals surface area contributed by atoms with E-state index in [9.17, 15) is 24.6 Å². The second kappa shape index (κ2) is 10.2. The van der Waals surface area contributed by atoms with Gasteiger partial charge in [-0.3, -0.25) is 9.59 Å². The number of aliphatic hydroxyl groups is 1. The first-order valence-corrected chi connectivity index (χ1v) is 9.06. The summed E-state index contributed by atoms with van der Waals surface area (Å²) >= 11 is 0. The maximum Gasteiger partial charge on any atom is 0.326 e. The quantitative estimate of drug-likeness (QED) is 0.484. The molecule has 0 aromatic heterocycles. The van der Waals surface area contributed by atoms with Crippen LogP contribution in [0.5, 0.6) is 0 Å². The smallest absolute Gasteiger partial charge is 0.326 e. The van der Waals surface area contributed by atoms with Crippen molar-refractivity contribution in [1.82, 2.24) is 10.6 Å². The fraction of sp³-hybridized carbons (Fsp3) is 0.227. The summed E-state index contributed by atoms with van der Waals surface area (Å²) in [5.74, 6) is -2.61. The predicted octanol–water partition coefficient (Wildman–Crippen LogP) is 2.05. The number of carbonyl (C=O) groups excluding carboxylic acids is 2. The summed E-state index contributed by atoms with van der Waals surface area (Å²) in [6.07, 6.45) is -1.67. The molecule has 0 aliphatic heterocycles. The first kappa shape index (κ1) is 21.8. The number of carboxylic acids is 1. The molecule has 7 nitrogen and oxygen atoms in total. The molecule has 0 spiro atoms. The van der Waals surface area contributed by atoms with Crippen molar-refractivity contribution in [2.45, 2.75) is 31.5 Å². The van der Waals surface area contributed by atoms with Gasteiger partial charge in [-0.15, -0.1) is 6.58 Å². The molecule has 0 aliphatic carbocycles. The van der Waals surface area contributed by atoms with Crippen LogP contribution in [0.3, 0.4) is 0 Å². The Morgan fingerprint density at radius 2 is 1.52 bits per heavy atom. The highest BCUT2D eigenvalue weighted by atomic mass is 16.4. The number of nitrogens with one attached hydrogen (secondary N) is 2. The molecule has 0 heterocycles. The molecule has 0 saturated carbocycles. The Bertz CT molecular complexity index is 867. The van der Waals surface area contributed by atoms with E-state index in [1.807, 2.05) is 0 Å². The van der Waals surface area contributed by atoms with E-state index in [2.05, 4.69) is 17.2 Å².